The number of benzene rings is 1. The Morgan fingerprint density at radius 3 is 2.52 bits per heavy atom. The molecule has 0 bridgehead atoms. The third-order valence-corrected chi connectivity index (χ3v) is 5.52. The van der Waals surface area contributed by atoms with Gasteiger partial charge in [0, 0.05) is 30.2 Å². The van der Waals surface area contributed by atoms with Crippen LogP contribution in [0.2, 0.25) is 10.0 Å². The molecule has 120 valence electrons. The van der Waals surface area contributed by atoms with E-state index in [9.17, 15) is 8.42 Å². The second-order valence-electron chi connectivity index (χ2n) is 4.66. The highest BCUT2D eigenvalue weighted by atomic mass is 35.5. The molecule has 5 nitrogen and oxygen atoms in total. The fraction of sp³-hybridized carbons (Fsp3) is 0.538. The van der Waals surface area contributed by atoms with Crippen molar-refractivity contribution < 1.29 is 8.42 Å². The molecule has 0 aliphatic carbocycles. The Morgan fingerprint density at radius 1 is 1.29 bits per heavy atom. The summed E-state index contributed by atoms with van der Waals surface area (Å²) >= 11 is 12.2. The minimum atomic E-state index is -3.65. The van der Waals surface area contributed by atoms with E-state index in [-0.39, 0.29) is 9.92 Å². The number of nitrogens with one attached hydrogen (secondary N) is 2. The van der Waals surface area contributed by atoms with Crippen LogP contribution in [-0.4, -0.2) is 47.0 Å². The summed E-state index contributed by atoms with van der Waals surface area (Å²) < 4.78 is 27.2. The predicted octanol–water partition coefficient (Wildman–Crippen LogP) is 1.94. The lowest BCUT2D eigenvalue weighted by Gasteiger charge is -2.15. The number of likely N-dealkylation sites (N-methyl/N-ethyl adjacent to an activating group) is 1. The van der Waals surface area contributed by atoms with Crippen molar-refractivity contribution in [2.45, 2.75) is 18.4 Å². The quantitative estimate of drug-likeness (QED) is 0.749. The van der Waals surface area contributed by atoms with Gasteiger partial charge in [0.15, 0.2) is 0 Å². The Kier molecular flexibility index (Phi) is 7.39. The molecular formula is C13H21Cl2N3O2S. The van der Waals surface area contributed by atoms with E-state index in [2.05, 4.69) is 10.0 Å². The lowest BCUT2D eigenvalue weighted by atomic mass is 10.2. The molecule has 0 aliphatic heterocycles. The zero-order valence-electron chi connectivity index (χ0n) is 12.4. The molecule has 2 N–H and O–H groups in total. The highest BCUT2D eigenvalue weighted by Gasteiger charge is 2.21. The van der Waals surface area contributed by atoms with Crippen molar-refractivity contribution in [1.29, 1.82) is 0 Å². The largest absolute Gasteiger partial charge is 0.316 e. The van der Waals surface area contributed by atoms with Crippen LogP contribution in [0.3, 0.4) is 0 Å². The van der Waals surface area contributed by atoms with Gasteiger partial charge in [0.2, 0.25) is 10.0 Å². The SMILES string of the molecule is CCN(C)CCNS(=O)(=O)c1ccc(Cl)c(CNC)c1Cl. The summed E-state index contributed by atoms with van der Waals surface area (Å²) in [7, 11) is 0.0205. The molecule has 0 aliphatic rings. The third kappa shape index (κ3) is 5.09. The maximum absolute atomic E-state index is 12.3. The molecule has 0 saturated heterocycles. The zero-order valence-corrected chi connectivity index (χ0v) is 14.7. The lowest BCUT2D eigenvalue weighted by Crippen LogP contribution is -2.33. The van der Waals surface area contributed by atoms with E-state index >= 15 is 0 Å². The summed E-state index contributed by atoms with van der Waals surface area (Å²) in [5, 5.41) is 3.52. The first-order valence-corrected chi connectivity index (χ1v) is 8.87. The normalized spacial score (nSPS) is 12.1. The van der Waals surface area contributed by atoms with E-state index in [0.29, 0.717) is 30.2 Å². The highest BCUT2D eigenvalue weighted by Crippen LogP contribution is 2.30. The number of sulfonamides is 1. The van der Waals surface area contributed by atoms with Crippen molar-refractivity contribution >= 4 is 33.2 Å². The monoisotopic (exact) mass is 353 g/mol. The van der Waals surface area contributed by atoms with Crippen LogP contribution in [0, 0.1) is 0 Å². The minimum Gasteiger partial charge on any atom is -0.316 e. The summed E-state index contributed by atoms with van der Waals surface area (Å²) in [5.74, 6) is 0. The Morgan fingerprint density at radius 2 is 1.95 bits per heavy atom. The fourth-order valence-electron chi connectivity index (χ4n) is 1.73. The van der Waals surface area contributed by atoms with Crippen LogP contribution in [0.25, 0.3) is 0 Å². The van der Waals surface area contributed by atoms with Crippen molar-refractivity contribution in [3.63, 3.8) is 0 Å². The van der Waals surface area contributed by atoms with Crippen molar-refractivity contribution in [1.82, 2.24) is 14.9 Å². The molecule has 1 aromatic carbocycles. The summed E-state index contributed by atoms with van der Waals surface area (Å²) in [6.45, 7) is 4.22. The van der Waals surface area contributed by atoms with Gasteiger partial charge in [0.05, 0.1) is 5.02 Å². The molecular weight excluding hydrogens is 333 g/mol. The molecule has 0 fully saturated rings. The Balaban J connectivity index is 2.95. The first-order valence-electron chi connectivity index (χ1n) is 6.63. The van der Waals surface area contributed by atoms with E-state index in [1.165, 1.54) is 6.07 Å². The molecule has 0 amide bonds. The van der Waals surface area contributed by atoms with Crippen LogP contribution in [0.5, 0.6) is 0 Å². The maximum Gasteiger partial charge on any atom is 0.242 e. The fourth-order valence-corrected chi connectivity index (χ4v) is 3.66. The van der Waals surface area contributed by atoms with E-state index in [4.69, 9.17) is 23.2 Å². The van der Waals surface area contributed by atoms with Gasteiger partial charge >= 0.3 is 0 Å². The molecule has 0 heterocycles. The molecule has 0 atom stereocenters. The molecule has 0 saturated carbocycles. The van der Waals surface area contributed by atoms with Crippen LogP contribution in [0.4, 0.5) is 0 Å². The van der Waals surface area contributed by atoms with E-state index < -0.39 is 10.0 Å². The van der Waals surface area contributed by atoms with Gasteiger partial charge in [-0.2, -0.15) is 0 Å². The van der Waals surface area contributed by atoms with Crippen molar-refractivity contribution in [3.8, 4) is 0 Å². The van der Waals surface area contributed by atoms with Crippen LogP contribution in [-0.2, 0) is 16.6 Å². The second kappa shape index (κ2) is 8.31. The Bertz CT molecular complexity index is 579. The molecule has 21 heavy (non-hydrogen) atoms. The number of rotatable bonds is 8. The molecule has 0 spiro atoms. The highest BCUT2D eigenvalue weighted by molar-refractivity contribution is 7.89. The third-order valence-electron chi connectivity index (χ3n) is 3.12. The molecule has 1 rings (SSSR count). The smallest absolute Gasteiger partial charge is 0.242 e. The average Bonchev–Trinajstić information content (AvgIpc) is 2.42. The number of hydrogen-bond donors (Lipinski definition) is 2. The average molecular weight is 354 g/mol. The molecule has 0 aromatic heterocycles. The van der Waals surface area contributed by atoms with Crippen molar-refractivity contribution in [2.75, 3.05) is 33.7 Å². The van der Waals surface area contributed by atoms with Crippen LogP contribution < -0.4 is 10.0 Å². The van der Waals surface area contributed by atoms with Crippen LogP contribution >= 0.6 is 23.2 Å². The van der Waals surface area contributed by atoms with Crippen LogP contribution in [0.15, 0.2) is 17.0 Å². The molecule has 0 radical (unpaired) electrons. The Labute approximate surface area is 136 Å². The molecule has 8 heteroatoms. The minimum absolute atomic E-state index is 0.0537. The van der Waals surface area contributed by atoms with Gasteiger partial charge in [-0.05, 0) is 32.8 Å². The summed E-state index contributed by atoms with van der Waals surface area (Å²) in [6.07, 6.45) is 0. The lowest BCUT2D eigenvalue weighted by molar-refractivity contribution is 0.358. The number of halogens is 2. The summed E-state index contributed by atoms with van der Waals surface area (Å²) in [4.78, 5) is 2.07. The predicted molar refractivity (Wildman–Crippen MR) is 87.6 cm³/mol. The second-order valence-corrected chi connectivity index (χ2v) is 7.18. The molecule has 0 unspecified atom stereocenters. The van der Waals surface area contributed by atoms with Gasteiger partial charge in [0.25, 0.3) is 0 Å². The standard InChI is InChI=1S/C13H21Cl2N3O2S/c1-4-18(3)8-7-17-21(19,20)12-6-5-11(14)10(9-16-2)13(12)15/h5-6,16-17H,4,7-9H2,1-3H3. The van der Waals surface area contributed by atoms with Gasteiger partial charge in [-0.3, -0.25) is 0 Å². The first kappa shape index (κ1) is 18.7. The number of nitrogens with zero attached hydrogens (tertiary/aromatic N) is 1. The van der Waals surface area contributed by atoms with Gasteiger partial charge in [0.1, 0.15) is 4.90 Å². The van der Waals surface area contributed by atoms with E-state index in [1.807, 2.05) is 18.9 Å². The van der Waals surface area contributed by atoms with Gasteiger partial charge < -0.3 is 10.2 Å². The van der Waals surface area contributed by atoms with Gasteiger partial charge in [-0.25, -0.2) is 13.1 Å². The maximum atomic E-state index is 12.3. The summed E-state index contributed by atoms with van der Waals surface area (Å²) in [6, 6.07) is 2.97. The first-order chi connectivity index (χ1) is 9.83. The van der Waals surface area contributed by atoms with Crippen LogP contribution in [0.1, 0.15) is 12.5 Å². The van der Waals surface area contributed by atoms with Crippen molar-refractivity contribution in [2.24, 2.45) is 0 Å². The van der Waals surface area contributed by atoms with E-state index in [0.717, 1.165) is 6.54 Å². The molecule has 1 aromatic rings. The van der Waals surface area contributed by atoms with Gasteiger partial charge in [-0.1, -0.05) is 30.1 Å². The van der Waals surface area contributed by atoms with E-state index in [1.54, 1.807) is 13.1 Å². The number of hydrogen-bond acceptors (Lipinski definition) is 4. The summed E-state index contributed by atoms with van der Waals surface area (Å²) in [5.41, 5.74) is 0.578. The Hall–Kier alpha value is -0.370. The topological polar surface area (TPSA) is 61.4 Å². The zero-order chi connectivity index (χ0) is 16.0. The van der Waals surface area contributed by atoms with Crippen molar-refractivity contribution in [3.05, 3.63) is 27.7 Å². The van der Waals surface area contributed by atoms with Gasteiger partial charge in [-0.15, -0.1) is 0 Å².